The van der Waals surface area contributed by atoms with E-state index in [0.717, 1.165) is 4.90 Å². The molecule has 3 fully saturated rings. The van der Waals surface area contributed by atoms with Crippen LogP contribution in [0.2, 0.25) is 0 Å². The second-order valence-corrected chi connectivity index (χ2v) is 9.67. The first-order valence-corrected chi connectivity index (χ1v) is 12.7. The summed E-state index contributed by atoms with van der Waals surface area (Å²) in [4.78, 5) is 44.4. The molecule has 0 bridgehead atoms. The molecule has 7 atom stereocenters. The van der Waals surface area contributed by atoms with Crippen LogP contribution >= 0.6 is 0 Å². The average Bonchev–Trinajstić information content (AvgIpc) is 3.47. The van der Waals surface area contributed by atoms with Crippen LogP contribution in [0.25, 0.3) is 0 Å². The Kier molecular flexibility index (Phi) is 8.95. The minimum atomic E-state index is -1.21. The van der Waals surface area contributed by atoms with E-state index in [9.17, 15) is 29.7 Å². The molecule has 1 aliphatic heterocycles. The number of likely N-dealkylation sites (tertiary alicyclic amines) is 1. The highest BCUT2D eigenvalue weighted by Crippen LogP contribution is 2.49. The fourth-order valence-electron chi connectivity index (χ4n) is 5.64. The number of aliphatic hydroxyl groups excluding tert-OH is 3. The Bertz CT molecular complexity index is 980. The molecule has 1 aromatic rings. The van der Waals surface area contributed by atoms with Gasteiger partial charge in [-0.2, -0.15) is 0 Å². The molecule has 2 heterocycles. The molecule has 0 aromatic carbocycles. The van der Waals surface area contributed by atoms with Crippen molar-refractivity contribution in [3.8, 4) is 0 Å². The molecule has 0 unspecified atom stereocenters. The largest absolute Gasteiger partial charge is 0.467 e. The quantitative estimate of drug-likeness (QED) is 0.208. The van der Waals surface area contributed by atoms with Crippen LogP contribution in [0.1, 0.15) is 38.4 Å². The van der Waals surface area contributed by atoms with Gasteiger partial charge >= 0.3 is 5.97 Å². The Morgan fingerprint density at radius 1 is 1.22 bits per heavy atom. The number of oxime groups is 1. The zero-order chi connectivity index (χ0) is 26.5. The van der Waals surface area contributed by atoms with Crippen molar-refractivity contribution in [3.05, 3.63) is 24.2 Å². The van der Waals surface area contributed by atoms with Crippen molar-refractivity contribution >= 4 is 23.5 Å². The first kappa shape index (κ1) is 27.2. The third-order valence-corrected chi connectivity index (χ3v) is 7.30. The van der Waals surface area contributed by atoms with Gasteiger partial charge in [0, 0.05) is 24.8 Å². The molecule has 3 N–H and O–H groups in total. The van der Waals surface area contributed by atoms with Crippen LogP contribution in [-0.2, 0) is 35.3 Å². The van der Waals surface area contributed by atoms with E-state index in [1.807, 2.05) is 0 Å². The molecule has 0 radical (unpaired) electrons. The lowest BCUT2D eigenvalue weighted by Gasteiger charge is -2.45. The van der Waals surface area contributed by atoms with E-state index in [-0.39, 0.29) is 57.6 Å². The number of carbonyl (C=O) groups excluding carboxylic acids is 3. The van der Waals surface area contributed by atoms with Crippen LogP contribution in [0.5, 0.6) is 0 Å². The number of hydrogen-bond acceptors (Lipinski definition) is 11. The van der Waals surface area contributed by atoms with Crippen LogP contribution in [0.3, 0.4) is 0 Å². The fourth-order valence-corrected chi connectivity index (χ4v) is 5.64. The Morgan fingerprint density at radius 2 is 2.00 bits per heavy atom. The molecule has 2 amide bonds. The Balaban J connectivity index is 1.37. The number of fused-ring (bicyclic) bond motifs is 3. The van der Waals surface area contributed by atoms with Crippen LogP contribution in [0.4, 0.5) is 0 Å². The number of esters is 1. The summed E-state index contributed by atoms with van der Waals surface area (Å²) in [5, 5.41) is 35.6. The summed E-state index contributed by atoms with van der Waals surface area (Å²) in [6.45, 7) is 1.86. The van der Waals surface area contributed by atoms with Crippen molar-refractivity contribution in [3.63, 3.8) is 0 Å². The smallest absolute Gasteiger partial charge is 0.307 e. The molecule has 2 aliphatic carbocycles. The summed E-state index contributed by atoms with van der Waals surface area (Å²) in [6.07, 6.45) is -0.959. The molecule has 0 spiro atoms. The van der Waals surface area contributed by atoms with Gasteiger partial charge in [-0.05, 0) is 31.9 Å². The summed E-state index contributed by atoms with van der Waals surface area (Å²) in [7, 11) is 0. The van der Waals surface area contributed by atoms with Gasteiger partial charge in [-0.3, -0.25) is 19.3 Å². The number of rotatable bonds is 11. The van der Waals surface area contributed by atoms with Crippen LogP contribution < -0.4 is 0 Å². The van der Waals surface area contributed by atoms with Gasteiger partial charge in [0.15, 0.2) is 0 Å². The van der Waals surface area contributed by atoms with Crippen molar-refractivity contribution in [2.75, 3.05) is 26.4 Å². The lowest BCUT2D eigenvalue weighted by molar-refractivity contribution is -0.145. The summed E-state index contributed by atoms with van der Waals surface area (Å²) in [5.74, 6) is -3.20. The third-order valence-electron chi connectivity index (χ3n) is 7.30. The molecular weight excluding hydrogens is 488 g/mol. The summed E-state index contributed by atoms with van der Waals surface area (Å²) in [5.41, 5.74) is 0.482. The minimum Gasteiger partial charge on any atom is -0.467 e. The number of aliphatic hydroxyl groups is 3. The number of amides is 2. The molecule has 1 saturated heterocycles. The maximum absolute atomic E-state index is 13.3. The van der Waals surface area contributed by atoms with Crippen LogP contribution in [-0.4, -0.2) is 88.4 Å². The number of hydrogen-bond donors (Lipinski definition) is 3. The zero-order valence-electron chi connectivity index (χ0n) is 20.7. The molecule has 3 aliphatic rings. The molecule has 37 heavy (non-hydrogen) atoms. The summed E-state index contributed by atoms with van der Waals surface area (Å²) in [6, 6.07) is 3.49. The first-order chi connectivity index (χ1) is 17.8. The predicted molar refractivity (Wildman–Crippen MR) is 126 cm³/mol. The second kappa shape index (κ2) is 12.2. The number of carbonyl (C=O) groups is 3. The minimum absolute atomic E-state index is 0.000940. The molecular formula is C25H34N2O10. The van der Waals surface area contributed by atoms with Crippen LogP contribution in [0, 0.1) is 23.7 Å². The van der Waals surface area contributed by atoms with Crippen molar-refractivity contribution in [2.45, 2.75) is 57.5 Å². The van der Waals surface area contributed by atoms with Crippen molar-refractivity contribution < 1.29 is 48.4 Å². The second-order valence-electron chi connectivity index (χ2n) is 9.67. The van der Waals surface area contributed by atoms with Gasteiger partial charge < -0.3 is 34.0 Å². The highest BCUT2D eigenvalue weighted by molar-refractivity contribution is 6.06. The average molecular weight is 523 g/mol. The standard InChI is InChI=1S/C25H34N2O10/c1-2-35-20(30)7-8-27-24(32)17-6-5-16-18(10-19(29)23(31)21(16)22(17)25(27)33)26-37-12-14(28)11-34-13-15-4-3-9-36-15/h3-4,9,14,16-17,19,21-23,28-29,31H,2,5-8,10-13H2,1H3/b26-18+/t14-,16+,17+,19+,21-,22+,23+/m0/s1. The van der Waals surface area contributed by atoms with Crippen LogP contribution in [0.15, 0.2) is 28.0 Å². The monoisotopic (exact) mass is 522 g/mol. The van der Waals surface area contributed by atoms with Crippen molar-refractivity contribution in [1.82, 2.24) is 4.90 Å². The number of imide groups is 1. The number of ether oxygens (including phenoxy) is 2. The van der Waals surface area contributed by atoms with Crippen molar-refractivity contribution in [2.24, 2.45) is 28.8 Å². The van der Waals surface area contributed by atoms with E-state index >= 15 is 0 Å². The maximum atomic E-state index is 13.3. The summed E-state index contributed by atoms with van der Waals surface area (Å²) >= 11 is 0. The molecule has 2 saturated carbocycles. The van der Waals surface area contributed by atoms with Gasteiger partial charge in [-0.15, -0.1) is 0 Å². The topological polar surface area (TPSA) is 168 Å². The van der Waals surface area contributed by atoms with Gasteiger partial charge in [0.05, 0.1) is 55.7 Å². The zero-order valence-corrected chi connectivity index (χ0v) is 20.7. The predicted octanol–water partition coefficient (Wildman–Crippen LogP) is 0.236. The maximum Gasteiger partial charge on any atom is 0.307 e. The van der Waals surface area contributed by atoms with E-state index in [4.69, 9.17) is 18.7 Å². The van der Waals surface area contributed by atoms with E-state index in [0.29, 0.717) is 24.3 Å². The Labute approximate surface area is 214 Å². The van der Waals surface area contributed by atoms with E-state index in [1.165, 1.54) is 6.26 Å². The molecule has 12 nitrogen and oxygen atoms in total. The van der Waals surface area contributed by atoms with Gasteiger partial charge in [0.2, 0.25) is 11.8 Å². The summed E-state index contributed by atoms with van der Waals surface area (Å²) < 4.78 is 15.4. The highest BCUT2D eigenvalue weighted by atomic mass is 16.6. The molecule has 204 valence electrons. The van der Waals surface area contributed by atoms with E-state index in [1.54, 1.807) is 19.1 Å². The van der Waals surface area contributed by atoms with Gasteiger partial charge in [-0.25, -0.2) is 0 Å². The molecule has 1 aromatic heterocycles. The fraction of sp³-hybridized carbons (Fsp3) is 0.680. The van der Waals surface area contributed by atoms with Gasteiger partial charge in [-0.1, -0.05) is 5.16 Å². The van der Waals surface area contributed by atoms with E-state index < -0.39 is 47.9 Å². The molecule has 12 heteroatoms. The number of furan rings is 1. The van der Waals surface area contributed by atoms with Gasteiger partial charge in [0.25, 0.3) is 0 Å². The molecule has 4 rings (SSSR count). The van der Waals surface area contributed by atoms with Gasteiger partial charge in [0.1, 0.15) is 25.1 Å². The number of nitrogens with zero attached hydrogens (tertiary/aromatic N) is 2. The first-order valence-electron chi connectivity index (χ1n) is 12.7. The third kappa shape index (κ3) is 6.03. The van der Waals surface area contributed by atoms with Crippen molar-refractivity contribution in [1.29, 1.82) is 0 Å². The van der Waals surface area contributed by atoms with E-state index in [2.05, 4.69) is 5.16 Å². The lowest BCUT2D eigenvalue weighted by Crippen LogP contribution is -2.54. The normalized spacial score (nSPS) is 31.2. The highest BCUT2D eigenvalue weighted by Gasteiger charge is 2.59. The lowest BCUT2D eigenvalue weighted by atomic mass is 9.60. The Hall–Kier alpha value is -2.80. The SMILES string of the molecule is CCOC(=O)CCN1C(=O)[C@H]2[C@H]3[C@H](O)[C@H](O)C/C(=N\OC[C@@H](O)COCc4ccco4)[C@H]3CC[C@H]2C1=O. The Morgan fingerprint density at radius 3 is 2.73 bits per heavy atom.